The van der Waals surface area contributed by atoms with Gasteiger partial charge in [-0.05, 0) is 44.2 Å². The molecule has 1 aromatic heterocycles. The zero-order valence-corrected chi connectivity index (χ0v) is 17.4. The zero-order valence-electron chi connectivity index (χ0n) is 16.7. The third-order valence-electron chi connectivity index (χ3n) is 4.07. The molecule has 30 heavy (non-hydrogen) atoms. The number of aromatic hydroxyl groups is 1. The Bertz CT molecular complexity index is 1070. The molecule has 1 unspecified atom stereocenters. The van der Waals surface area contributed by atoms with Crippen molar-refractivity contribution in [3.63, 3.8) is 0 Å². The van der Waals surface area contributed by atoms with Gasteiger partial charge in [0.2, 0.25) is 0 Å². The standard InChI is InChI=1S/C21H22ClN3O5/c1-4-28-11-16(30-21(27)13(2)3)12-29-15-6-8-19(20(26)10-15)25-23-17-7-5-14(22)9-18(17)24-25/h5-10,16,26H,2,4,11-12H2,1,3H3. The molecule has 0 bridgehead atoms. The van der Waals surface area contributed by atoms with E-state index in [1.54, 1.807) is 37.3 Å². The highest BCUT2D eigenvalue weighted by Gasteiger charge is 2.17. The molecule has 0 fully saturated rings. The maximum atomic E-state index is 11.8. The van der Waals surface area contributed by atoms with E-state index in [0.29, 0.717) is 39.7 Å². The Labute approximate surface area is 178 Å². The molecule has 0 aliphatic rings. The Morgan fingerprint density at radius 3 is 2.67 bits per heavy atom. The predicted molar refractivity (Wildman–Crippen MR) is 112 cm³/mol. The molecule has 0 saturated heterocycles. The third-order valence-corrected chi connectivity index (χ3v) is 4.31. The number of aromatic nitrogens is 3. The summed E-state index contributed by atoms with van der Waals surface area (Å²) in [6, 6.07) is 9.89. The first-order valence-electron chi connectivity index (χ1n) is 9.30. The fraction of sp³-hybridized carbons (Fsp3) is 0.286. The Morgan fingerprint density at radius 1 is 1.20 bits per heavy atom. The molecule has 0 saturated carbocycles. The molecule has 158 valence electrons. The quantitative estimate of drug-likeness (QED) is 0.407. The van der Waals surface area contributed by atoms with Crippen molar-refractivity contribution in [1.82, 2.24) is 15.0 Å². The number of benzene rings is 2. The number of hydrogen-bond donors (Lipinski definition) is 1. The summed E-state index contributed by atoms with van der Waals surface area (Å²) in [6.45, 7) is 7.70. The summed E-state index contributed by atoms with van der Waals surface area (Å²) in [7, 11) is 0. The van der Waals surface area contributed by atoms with Crippen LogP contribution in [0.25, 0.3) is 16.7 Å². The molecule has 3 aromatic rings. The molecule has 1 atom stereocenters. The monoisotopic (exact) mass is 431 g/mol. The van der Waals surface area contributed by atoms with Crippen LogP contribution in [0.15, 0.2) is 48.6 Å². The van der Waals surface area contributed by atoms with E-state index in [1.807, 2.05) is 6.92 Å². The van der Waals surface area contributed by atoms with Crippen LogP contribution in [0.1, 0.15) is 13.8 Å². The van der Waals surface area contributed by atoms with Crippen LogP contribution >= 0.6 is 11.6 Å². The molecule has 8 nitrogen and oxygen atoms in total. The molecule has 2 aromatic carbocycles. The molecule has 0 aliphatic carbocycles. The molecule has 0 amide bonds. The third kappa shape index (κ3) is 5.28. The van der Waals surface area contributed by atoms with Crippen LogP contribution in [-0.2, 0) is 14.3 Å². The van der Waals surface area contributed by atoms with Gasteiger partial charge in [-0.1, -0.05) is 18.2 Å². The van der Waals surface area contributed by atoms with Crippen molar-refractivity contribution in [2.45, 2.75) is 20.0 Å². The lowest BCUT2D eigenvalue weighted by Crippen LogP contribution is -2.30. The van der Waals surface area contributed by atoms with Crippen LogP contribution in [-0.4, -0.2) is 52.0 Å². The van der Waals surface area contributed by atoms with Gasteiger partial charge >= 0.3 is 5.97 Å². The number of ether oxygens (including phenoxy) is 3. The largest absolute Gasteiger partial charge is 0.505 e. The van der Waals surface area contributed by atoms with Crippen molar-refractivity contribution in [1.29, 1.82) is 0 Å². The van der Waals surface area contributed by atoms with E-state index >= 15 is 0 Å². The molecule has 1 N–H and O–H groups in total. The lowest BCUT2D eigenvalue weighted by Gasteiger charge is -2.18. The molecular weight excluding hydrogens is 410 g/mol. The summed E-state index contributed by atoms with van der Waals surface area (Å²) >= 11 is 5.98. The highest BCUT2D eigenvalue weighted by molar-refractivity contribution is 6.31. The van der Waals surface area contributed by atoms with Gasteiger partial charge in [0.25, 0.3) is 0 Å². The molecule has 3 rings (SSSR count). The highest BCUT2D eigenvalue weighted by Crippen LogP contribution is 2.27. The summed E-state index contributed by atoms with van der Waals surface area (Å²) in [4.78, 5) is 13.1. The van der Waals surface area contributed by atoms with E-state index in [1.165, 1.54) is 10.9 Å². The minimum absolute atomic E-state index is 0.0558. The van der Waals surface area contributed by atoms with Gasteiger partial charge in [0.15, 0.2) is 6.10 Å². The van der Waals surface area contributed by atoms with Gasteiger partial charge < -0.3 is 19.3 Å². The molecular formula is C21H22ClN3O5. The number of fused-ring (bicyclic) bond motifs is 1. The second kappa shape index (κ2) is 9.60. The average molecular weight is 432 g/mol. The number of carbonyl (C=O) groups excluding carboxylic acids is 1. The van der Waals surface area contributed by atoms with E-state index in [2.05, 4.69) is 16.8 Å². The molecule has 1 heterocycles. The van der Waals surface area contributed by atoms with Crippen LogP contribution in [0.4, 0.5) is 0 Å². The SMILES string of the molecule is C=C(C)C(=O)OC(COCC)COc1ccc(-n2nc3ccc(Cl)cc3n2)c(O)c1. The van der Waals surface area contributed by atoms with Crippen molar-refractivity contribution in [2.75, 3.05) is 19.8 Å². The second-order valence-electron chi connectivity index (χ2n) is 6.55. The van der Waals surface area contributed by atoms with Gasteiger partial charge in [-0.15, -0.1) is 15.0 Å². The molecule has 0 radical (unpaired) electrons. The summed E-state index contributed by atoms with van der Waals surface area (Å²) in [5.74, 6) is -0.193. The minimum Gasteiger partial charge on any atom is -0.505 e. The number of rotatable bonds is 9. The minimum atomic E-state index is -0.612. The lowest BCUT2D eigenvalue weighted by molar-refractivity contribution is -0.149. The van der Waals surface area contributed by atoms with Crippen molar-refractivity contribution < 1.29 is 24.1 Å². The van der Waals surface area contributed by atoms with E-state index in [-0.39, 0.29) is 19.0 Å². The Morgan fingerprint density at radius 2 is 1.97 bits per heavy atom. The number of halogens is 1. The van der Waals surface area contributed by atoms with Gasteiger partial charge in [0, 0.05) is 23.3 Å². The van der Waals surface area contributed by atoms with Crippen molar-refractivity contribution in [3.05, 3.63) is 53.6 Å². The molecule has 0 spiro atoms. The Balaban J connectivity index is 1.71. The van der Waals surface area contributed by atoms with E-state index in [0.717, 1.165) is 0 Å². The van der Waals surface area contributed by atoms with Crippen molar-refractivity contribution in [3.8, 4) is 17.2 Å². The van der Waals surface area contributed by atoms with E-state index < -0.39 is 12.1 Å². The summed E-state index contributed by atoms with van der Waals surface area (Å²) < 4.78 is 16.3. The maximum Gasteiger partial charge on any atom is 0.333 e. The maximum absolute atomic E-state index is 11.8. The van der Waals surface area contributed by atoms with Gasteiger partial charge in [0.05, 0.1) is 6.61 Å². The van der Waals surface area contributed by atoms with E-state index in [4.69, 9.17) is 25.8 Å². The van der Waals surface area contributed by atoms with Crippen LogP contribution < -0.4 is 4.74 Å². The topological polar surface area (TPSA) is 95.7 Å². The lowest BCUT2D eigenvalue weighted by atomic mass is 10.3. The van der Waals surface area contributed by atoms with Gasteiger partial charge in [-0.2, -0.15) is 0 Å². The van der Waals surface area contributed by atoms with Gasteiger partial charge in [0.1, 0.15) is 34.8 Å². The highest BCUT2D eigenvalue weighted by atomic mass is 35.5. The summed E-state index contributed by atoms with van der Waals surface area (Å²) in [5.41, 5.74) is 1.94. The Kier molecular flexibility index (Phi) is 6.91. The number of phenols is 1. The normalized spacial score (nSPS) is 12.0. The zero-order chi connectivity index (χ0) is 21.7. The number of nitrogens with zero attached hydrogens (tertiary/aromatic N) is 3. The first-order valence-corrected chi connectivity index (χ1v) is 9.68. The van der Waals surface area contributed by atoms with Crippen LogP contribution in [0.2, 0.25) is 5.02 Å². The van der Waals surface area contributed by atoms with Crippen molar-refractivity contribution >= 4 is 28.6 Å². The number of hydrogen-bond acceptors (Lipinski definition) is 7. The Hall–Kier alpha value is -3.10. The van der Waals surface area contributed by atoms with Crippen LogP contribution in [0.3, 0.4) is 0 Å². The van der Waals surface area contributed by atoms with Crippen LogP contribution in [0, 0.1) is 0 Å². The van der Waals surface area contributed by atoms with Crippen molar-refractivity contribution in [2.24, 2.45) is 0 Å². The summed E-state index contributed by atoms with van der Waals surface area (Å²) in [6.07, 6.45) is -0.612. The number of esters is 1. The fourth-order valence-corrected chi connectivity index (χ4v) is 2.73. The molecule has 9 heteroatoms. The predicted octanol–water partition coefficient (Wildman–Crippen LogP) is 3.68. The second-order valence-corrected chi connectivity index (χ2v) is 6.99. The average Bonchev–Trinajstić information content (AvgIpc) is 3.12. The first-order chi connectivity index (χ1) is 14.4. The van der Waals surface area contributed by atoms with E-state index in [9.17, 15) is 9.90 Å². The smallest absolute Gasteiger partial charge is 0.333 e. The van der Waals surface area contributed by atoms with Gasteiger partial charge in [-0.25, -0.2) is 4.79 Å². The number of phenolic OH excluding ortho intramolecular Hbond substituents is 1. The summed E-state index contributed by atoms with van der Waals surface area (Å²) in [5, 5.41) is 19.6. The molecule has 0 aliphatic heterocycles. The fourth-order valence-electron chi connectivity index (χ4n) is 2.56. The van der Waals surface area contributed by atoms with Gasteiger partial charge in [-0.3, -0.25) is 0 Å². The first kappa shape index (κ1) is 21.6. The van der Waals surface area contributed by atoms with Crippen LogP contribution in [0.5, 0.6) is 11.5 Å². The number of carbonyl (C=O) groups is 1.